The SMILES string of the molecule is CC(C)(CC(=O)I)CC(C)(C)Cc1nnn[nH]1. The molecule has 1 heterocycles. The first kappa shape index (κ1) is 14.5. The fourth-order valence-corrected chi connectivity index (χ4v) is 3.54. The molecule has 1 rings (SSSR count). The van der Waals surface area contributed by atoms with Crippen LogP contribution in [0.25, 0.3) is 0 Å². The Kier molecular flexibility index (Phi) is 4.62. The Balaban J connectivity index is 2.62. The highest BCUT2D eigenvalue weighted by Gasteiger charge is 2.31. The molecule has 1 N–H and O–H groups in total. The maximum atomic E-state index is 11.2. The van der Waals surface area contributed by atoms with Crippen molar-refractivity contribution in [2.24, 2.45) is 10.8 Å². The van der Waals surface area contributed by atoms with Gasteiger partial charge in [0.25, 0.3) is 0 Å². The maximum Gasteiger partial charge on any atom is 0.192 e. The van der Waals surface area contributed by atoms with Crippen LogP contribution in [0.4, 0.5) is 0 Å². The van der Waals surface area contributed by atoms with Gasteiger partial charge < -0.3 is 0 Å². The molecule has 0 aromatic carbocycles. The molecular formula is C11H19IN4O. The van der Waals surface area contributed by atoms with Gasteiger partial charge in [-0.15, -0.1) is 5.10 Å². The van der Waals surface area contributed by atoms with Crippen LogP contribution in [0.1, 0.15) is 46.4 Å². The van der Waals surface area contributed by atoms with Crippen molar-refractivity contribution in [2.75, 3.05) is 0 Å². The van der Waals surface area contributed by atoms with Crippen molar-refractivity contribution in [3.8, 4) is 0 Å². The summed E-state index contributed by atoms with van der Waals surface area (Å²) in [4.78, 5) is 11.2. The number of nitrogens with zero attached hydrogens (tertiary/aromatic N) is 3. The van der Waals surface area contributed by atoms with Crippen LogP contribution in [0.15, 0.2) is 0 Å². The summed E-state index contributed by atoms with van der Waals surface area (Å²) in [5, 5.41) is 13.8. The quantitative estimate of drug-likeness (QED) is 0.632. The highest BCUT2D eigenvalue weighted by atomic mass is 127. The van der Waals surface area contributed by atoms with Gasteiger partial charge in [0.15, 0.2) is 3.79 Å². The first-order chi connectivity index (χ1) is 7.70. The van der Waals surface area contributed by atoms with Gasteiger partial charge in [-0.25, -0.2) is 5.10 Å². The summed E-state index contributed by atoms with van der Waals surface area (Å²) in [6, 6.07) is 0. The number of aromatic amines is 1. The van der Waals surface area contributed by atoms with Gasteiger partial charge in [0, 0.05) is 12.8 Å². The number of nitrogens with one attached hydrogen (secondary N) is 1. The number of rotatable bonds is 6. The van der Waals surface area contributed by atoms with E-state index in [9.17, 15) is 4.79 Å². The van der Waals surface area contributed by atoms with Gasteiger partial charge in [0.1, 0.15) is 5.82 Å². The van der Waals surface area contributed by atoms with Crippen LogP contribution in [0.3, 0.4) is 0 Å². The summed E-state index contributed by atoms with van der Waals surface area (Å²) in [5.74, 6) is 0.798. The Morgan fingerprint density at radius 3 is 2.41 bits per heavy atom. The molecule has 1 aromatic heterocycles. The Labute approximate surface area is 115 Å². The Hall–Kier alpha value is -0.530. The zero-order chi connectivity index (χ0) is 13.1. The lowest BCUT2D eigenvalue weighted by molar-refractivity contribution is -0.111. The van der Waals surface area contributed by atoms with Gasteiger partial charge >= 0.3 is 0 Å². The van der Waals surface area contributed by atoms with E-state index in [0.29, 0.717) is 6.42 Å². The lowest BCUT2D eigenvalue weighted by Crippen LogP contribution is -2.26. The number of hydrogen-bond acceptors (Lipinski definition) is 4. The minimum absolute atomic E-state index is 0.00915. The standard InChI is InChI=1S/C11H19IN4O/c1-10(2,5-8(12)17)7-11(3,4)6-9-13-15-16-14-9/h5-7H2,1-4H3,(H,13,14,15,16). The van der Waals surface area contributed by atoms with Crippen molar-refractivity contribution in [2.45, 2.75) is 47.0 Å². The molecule has 0 bridgehead atoms. The minimum Gasteiger partial charge on any atom is -0.288 e. The largest absolute Gasteiger partial charge is 0.288 e. The summed E-state index contributed by atoms with van der Waals surface area (Å²) in [6.45, 7) is 8.61. The van der Waals surface area contributed by atoms with Crippen molar-refractivity contribution >= 4 is 26.4 Å². The van der Waals surface area contributed by atoms with Gasteiger partial charge in [0.05, 0.1) is 0 Å². The molecule has 0 aliphatic rings. The molecule has 0 aliphatic carbocycles. The van der Waals surface area contributed by atoms with E-state index in [1.807, 2.05) is 22.6 Å². The molecule has 0 fully saturated rings. The van der Waals surface area contributed by atoms with Crippen molar-refractivity contribution in [1.29, 1.82) is 0 Å². The third kappa shape index (κ3) is 5.56. The zero-order valence-corrected chi connectivity index (χ0v) is 12.9. The summed E-state index contributed by atoms with van der Waals surface area (Å²) < 4.78 is 0.213. The van der Waals surface area contributed by atoms with Crippen molar-refractivity contribution in [1.82, 2.24) is 20.6 Å². The highest BCUT2D eigenvalue weighted by Crippen LogP contribution is 2.38. The van der Waals surface area contributed by atoms with E-state index in [2.05, 4.69) is 48.3 Å². The normalized spacial score (nSPS) is 12.8. The summed E-state index contributed by atoms with van der Waals surface area (Å²) in [6.07, 6.45) is 2.35. The van der Waals surface area contributed by atoms with E-state index in [0.717, 1.165) is 18.7 Å². The number of H-pyrrole nitrogens is 1. The number of tetrazole rings is 1. The van der Waals surface area contributed by atoms with E-state index in [1.165, 1.54) is 0 Å². The smallest absolute Gasteiger partial charge is 0.192 e. The van der Waals surface area contributed by atoms with E-state index in [-0.39, 0.29) is 14.6 Å². The second kappa shape index (κ2) is 5.41. The van der Waals surface area contributed by atoms with Crippen molar-refractivity contribution < 1.29 is 4.79 Å². The van der Waals surface area contributed by atoms with E-state index in [4.69, 9.17) is 0 Å². The molecule has 0 saturated heterocycles. The average Bonchev–Trinajstić information content (AvgIpc) is 2.49. The van der Waals surface area contributed by atoms with Crippen molar-refractivity contribution in [3.63, 3.8) is 0 Å². The lowest BCUT2D eigenvalue weighted by atomic mass is 9.72. The van der Waals surface area contributed by atoms with E-state index >= 15 is 0 Å². The molecule has 0 radical (unpaired) electrons. The molecule has 6 heteroatoms. The van der Waals surface area contributed by atoms with Crippen LogP contribution >= 0.6 is 22.6 Å². The predicted octanol–water partition coefficient (Wildman–Crippen LogP) is 2.54. The number of carbonyl (C=O) groups excluding carboxylic acids is 1. The minimum atomic E-state index is 0.00915. The number of hydrogen-bond donors (Lipinski definition) is 1. The second-order valence-electron chi connectivity index (χ2n) is 6.06. The van der Waals surface area contributed by atoms with Gasteiger partial charge in [-0.2, -0.15) is 0 Å². The number of halogens is 1. The van der Waals surface area contributed by atoms with Crippen LogP contribution in [0.2, 0.25) is 0 Å². The average molecular weight is 350 g/mol. The zero-order valence-electron chi connectivity index (χ0n) is 10.7. The number of carbonyl (C=O) groups is 1. The molecule has 0 saturated carbocycles. The van der Waals surface area contributed by atoms with Crippen LogP contribution in [-0.2, 0) is 11.2 Å². The predicted molar refractivity (Wildman–Crippen MR) is 73.7 cm³/mol. The highest BCUT2D eigenvalue weighted by molar-refractivity contribution is 14.1. The Morgan fingerprint density at radius 1 is 1.29 bits per heavy atom. The molecule has 0 unspecified atom stereocenters. The molecule has 17 heavy (non-hydrogen) atoms. The molecule has 1 aromatic rings. The Bertz CT molecular complexity index is 373. The third-order valence-corrected chi connectivity index (χ3v) is 2.99. The Morgan fingerprint density at radius 2 is 1.94 bits per heavy atom. The molecule has 0 atom stereocenters. The summed E-state index contributed by atoms with van der Waals surface area (Å²) >= 11 is 1.86. The maximum absolute atomic E-state index is 11.2. The number of aromatic nitrogens is 4. The summed E-state index contributed by atoms with van der Waals surface area (Å²) in [7, 11) is 0. The summed E-state index contributed by atoms with van der Waals surface area (Å²) in [5.41, 5.74) is 0.0754. The monoisotopic (exact) mass is 350 g/mol. The lowest BCUT2D eigenvalue weighted by Gasteiger charge is -2.33. The first-order valence-corrected chi connectivity index (χ1v) is 6.69. The topological polar surface area (TPSA) is 71.5 Å². The van der Waals surface area contributed by atoms with Gasteiger partial charge in [-0.1, -0.05) is 27.7 Å². The van der Waals surface area contributed by atoms with E-state index in [1.54, 1.807) is 0 Å². The van der Waals surface area contributed by atoms with Gasteiger partial charge in [-0.3, -0.25) is 4.79 Å². The first-order valence-electron chi connectivity index (χ1n) is 5.61. The van der Waals surface area contributed by atoms with Crippen molar-refractivity contribution in [3.05, 3.63) is 5.82 Å². The van der Waals surface area contributed by atoms with Crippen LogP contribution in [0, 0.1) is 10.8 Å². The van der Waals surface area contributed by atoms with Crippen LogP contribution < -0.4 is 0 Å². The molecule has 5 nitrogen and oxygen atoms in total. The van der Waals surface area contributed by atoms with Gasteiger partial charge in [0.2, 0.25) is 0 Å². The molecule has 0 aliphatic heterocycles. The van der Waals surface area contributed by atoms with Crippen LogP contribution in [0.5, 0.6) is 0 Å². The fourth-order valence-electron chi connectivity index (χ4n) is 2.50. The third-order valence-electron chi connectivity index (χ3n) is 2.61. The fraction of sp³-hybridized carbons (Fsp3) is 0.818. The molecular weight excluding hydrogens is 331 g/mol. The van der Waals surface area contributed by atoms with Crippen LogP contribution in [-0.4, -0.2) is 24.4 Å². The van der Waals surface area contributed by atoms with E-state index < -0.39 is 0 Å². The molecule has 96 valence electrons. The molecule has 0 amide bonds. The molecule has 0 spiro atoms. The second-order valence-corrected chi connectivity index (χ2v) is 7.27. The van der Waals surface area contributed by atoms with Gasteiger partial charge in [-0.05, 0) is 50.3 Å².